The number of rotatable bonds is 0. The van der Waals surface area contributed by atoms with Crippen LogP contribution in [0.5, 0.6) is 5.75 Å². The van der Waals surface area contributed by atoms with E-state index in [2.05, 4.69) is 5.32 Å². The van der Waals surface area contributed by atoms with Gasteiger partial charge in [0.05, 0.1) is 12.2 Å². The van der Waals surface area contributed by atoms with Crippen molar-refractivity contribution < 1.29 is 9.84 Å². The smallest absolute Gasteiger partial charge is 0.115 e. The van der Waals surface area contributed by atoms with E-state index in [0.717, 1.165) is 39.0 Å². The van der Waals surface area contributed by atoms with Crippen molar-refractivity contribution in [2.75, 3.05) is 19.7 Å². The molecule has 0 saturated carbocycles. The molecule has 2 heterocycles. The molecule has 2 N–H and O–H groups in total. The molecule has 3 rings (SSSR count). The van der Waals surface area contributed by atoms with Crippen LogP contribution in [-0.2, 0) is 16.8 Å². The van der Waals surface area contributed by atoms with E-state index >= 15 is 0 Å². The summed E-state index contributed by atoms with van der Waals surface area (Å²) in [6, 6.07) is 5.70. The van der Waals surface area contributed by atoms with E-state index in [1.54, 1.807) is 6.07 Å². The van der Waals surface area contributed by atoms with Crippen LogP contribution >= 0.6 is 12.4 Å². The van der Waals surface area contributed by atoms with Crippen molar-refractivity contribution >= 4 is 12.4 Å². The second-order valence-corrected chi connectivity index (χ2v) is 4.68. The minimum absolute atomic E-state index is 0. The first-order chi connectivity index (χ1) is 7.80. The molecule has 1 aromatic carbocycles. The van der Waals surface area contributed by atoms with E-state index in [0.29, 0.717) is 5.75 Å². The highest BCUT2D eigenvalue weighted by molar-refractivity contribution is 5.85. The largest absolute Gasteiger partial charge is 0.508 e. The number of piperidine rings is 1. The maximum atomic E-state index is 9.52. The minimum atomic E-state index is -0.0907. The average molecular weight is 256 g/mol. The summed E-state index contributed by atoms with van der Waals surface area (Å²) in [5.41, 5.74) is 2.46. The highest BCUT2D eigenvalue weighted by Crippen LogP contribution is 2.40. The van der Waals surface area contributed by atoms with Gasteiger partial charge in [0.2, 0.25) is 0 Å². The van der Waals surface area contributed by atoms with Gasteiger partial charge in [-0.25, -0.2) is 0 Å². The van der Waals surface area contributed by atoms with Crippen molar-refractivity contribution in [3.8, 4) is 5.75 Å². The zero-order valence-corrected chi connectivity index (χ0v) is 10.6. The lowest BCUT2D eigenvalue weighted by molar-refractivity contribution is -0.0802. The van der Waals surface area contributed by atoms with E-state index in [-0.39, 0.29) is 18.0 Å². The number of hydrogen-bond acceptors (Lipinski definition) is 3. The number of benzene rings is 1. The van der Waals surface area contributed by atoms with Gasteiger partial charge in [0, 0.05) is 0 Å². The quantitative estimate of drug-likeness (QED) is 0.745. The van der Waals surface area contributed by atoms with Gasteiger partial charge < -0.3 is 15.2 Å². The van der Waals surface area contributed by atoms with Crippen LogP contribution in [0.1, 0.15) is 24.0 Å². The summed E-state index contributed by atoms with van der Waals surface area (Å²) in [7, 11) is 0. The molecular formula is C13H18ClNO2. The fourth-order valence-electron chi connectivity index (χ4n) is 2.91. The van der Waals surface area contributed by atoms with Crippen LogP contribution in [0.15, 0.2) is 18.2 Å². The molecule has 0 atom stereocenters. The van der Waals surface area contributed by atoms with Crippen LogP contribution in [0, 0.1) is 0 Å². The molecule has 4 heteroatoms. The molecule has 0 aliphatic carbocycles. The molecule has 0 amide bonds. The second-order valence-electron chi connectivity index (χ2n) is 4.68. The lowest BCUT2D eigenvalue weighted by Crippen LogP contribution is -2.44. The van der Waals surface area contributed by atoms with Crippen molar-refractivity contribution in [1.82, 2.24) is 5.32 Å². The number of fused-ring (bicyclic) bond motifs is 2. The summed E-state index contributed by atoms with van der Waals surface area (Å²) in [4.78, 5) is 0. The Hall–Kier alpha value is -0.770. The number of phenols is 1. The van der Waals surface area contributed by atoms with Gasteiger partial charge in [-0.3, -0.25) is 0 Å². The van der Waals surface area contributed by atoms with E-state index in [4.69, 9.17) is 4.74 Å². The Kier molecular flexibility index (Phi) is 3.61. The molecule has 17 heavy (non-hydrogen) atoms. The van der Waals surface area contributed by atoms with Crippen LogP contribution in [-0.4, -0.2) is 24.8 Å². The summed E-state index contributed by atoms with van der Waals surface area (Å²) in [6.07, 6.45) is 2.98. The van der Waals surface area contributed by atoms with E-state index in [9.17, 15) is 5.11 Å². The SMILES string of the molecule is Cl.Oc1ccc2c(c1)CCOC21CCNCC1. The molecule has 3 nitrogen and oxygen atoms in total. The number of aromatic hydroxyl groups is 1. The first-order valence-corrected chi connectivity index (χ1v) is 5.97. The molecule has 94 valence electrons. The molecule has 2 aliphatic rings. The first-order valence-electron chi connectivity index (χ1n) is 5.97. The summed E-state index contributed by atoms with van der Waals surface area (Å²) in [6.45, 7) is 2.80. The third-order valence-electron chi connectivity index (χ3n) is 3.74. The van der Waals surface area contributed by atoms with Crippen LogP contribution in [0.2, 0.25) is 0 Å². The molecule has 1 spiro atoms. The van der Waals surface area contributed by atoms with E-state index < -0.39 is 0 Å². The number of phenolic OH excluding ortho intramolecular Hbond substituents is 1. The third-order valence-corrected chi connectivity index (χ3v) is 3.74. The minimum Gasteiger partial charge on any atom is -0.508 e. The van der Waals surface area contributed by atoms with Crippen LogP contribution in [0.3, 0.4) is 0 Å². The fourth-order valence-corrected chi connectivity index (χ4v) is 2.91. The predicted molar refractivity (Wildman–Crippen MR) is 68.8 cm³/mol. The van der Waals surface area contributed by atoms with Gasteiger partial charge >= 0.3 is 0 Å². The Labute approximate surface area is 108 Å². The molecule has 0 radical (unpaired) electrons. The maximum absolute atomic E-state index is 9.52. The molecule has 0 bridgehead atoms. The Bertz CT molecular complexity index is 402. The second kappa shape index (κ2) is 4.84. The van der Waals surface area contributed by atoms with Gasteiger partial charge in [-0.05, 0) is 55.6 Å². The fraction of sp³-hybridized carbons (Fsp3) is 0.538. The number of hydrogen-bond donors (Lipinski definition) is 2. The summed E-state index contributed by atoms with van der Waals surface area (Å²) in [5, 5.41) is 12.9. The van der Waals surface area contributed by atoms with Gasteiger partial charge in [0.15, 0.2) is 0 Å². The lowest BCUT2D eigenvalue weighted by atomic mass is 9.80. The van der Waals surface area contributed by atoms with Crippen molar-refractivity contribution in [1.29, 1.82) is 0 Å². The maximum Gasteiger partial charge on any atom is 0.115 e. The standard InChI is InChI=1S/C13H17NO2.ClH/c15-11-1-2-12-10(9-11)3-8-16-13(12)4-6-14-7-5-13;/h1-2,9,14-15H,3-8H2;1H. The predicted octanol–water partition coefficient (Wildman–Crippen LogP) is 1.97. The van der Waals surface area contributed by atoms with Crippen LogP contribution < -0.4 is 5.32 Å². The summed E-state index contributed by atoms with van der Waals surface area (Å²) >= 11 is 0. The van der Waals surface area contributed by atoms with Crippen molar-refractivity contribution in [3.05, 3.63) is 29.3 Å². The molecule has 2 aliphatic heterocycles. The van der Waals surface area contributed by atoms with Gasteiger partial charge in [-0.2, -0.15) is 0 Å². The van der Waals surface area contributed by atoms with Gasteiger partial charge in [-0.1, -0.05) is 6.07 Å². The number of halogens is 1. The summed E-state index contributed by atoms with van der Waals surface area (Å²) in [5.74, 6) is 0.365. The Morgan fingerprint density at radius 1 is 1.24 bits per heavy atom. The van der Waals surface area contributed by atoms with E-state index in [1.807, 2.05) is 12.1 Å². The lowest BCUT2D eigenvalue weighted by Gasteiger charge is -2.42. The molecule has 0 aromatic heterocycles. The first kappa shape index (κ1) is 12.7. The zero-order chi connectivity index (χ0) is 11.0. The van der Waals surface area contributed by atoms with Crippen molar-refractivity contribution in [3.63, 3.8) is 0 Å². The molecule has 1 aromatic rings. The normalized spacial score (nSPS) is 21.6. The van der Waals surface area contributed by atoms with Gasteiger partial charge in [0.25, 0.3) is 0 Å². The number of nitrogens with one attached hydrogen (secondary N) is 1. The van der Waals surface area contributed by atoms with Gasteiger partial charge in [0.1, 0.15) is 5.75 Å². The Morgan fingerprint density at radius 3 is 2.76 bits per heavy atom. The van der Waals surface area contributed by atoms with Gasteiger partial charge in [-0.15, -0.1) is 12.4 Å². The third kappa shape index (κ3) is 2.15. The number of ether oxygens (including phenoxy) is 1. The molecule has 1 saturated heterocycles. The van der Waals surface area contributed by atoms with Crippen LogP contribution in [0.4, 0.5) is 0 Å². The molecule has 0 unspecified atom stereocenters. The highest BCUT2D eigenvalue weighted by Gasteiger charge is 2.38. The average Bonchev–Trinajstić information content (AvgIpc) is 2.30. The summed E-state index contributed by atoms with van der Waals surface area (Å²) < 4.78 is 6.05. The van der Waals surface area contributed by atoms with Crippen LogP contribution in [0.25, 0.3) is 0 Å². The zero-order valence-electron chi connectivity index (χ0n) is 9.74. The Balaban J connectivity index is 0.00000108. The van der Waals surface area contributed by atoms with E-state index in [1.165, 1.54) is 11.1 Å². The van der Waals surface area contributed by atoms with Crippen molar-refractivity contribution in [2.45, 2.75) is 24.9 Å². The molecular weight excluding hydrogens is 238 g/mol. The molecule has 1 fully saturated rings. The highest BCUT2D eigenvalue weighted by atomic mass is 35.5. The van der Waals surface area contributed by atoms with Crippen molar-refractivity contribution in [2.24, 2.45) is 0 Å². The Morgan fingerprint density at radius 2 is 2.00 bits per heavy atom. The topological polar surface area (TPSA) is 41.5 Å². The monoisotopic (exact) mass is 255 g/mol.